The number of ether oxygens (including phenoxy) is 4. The Labute approximate surface area is 181 Å². The van der Waals surface area contributed by atoms with Crippen molar-refractivity contribution < 1.29 is 23.7 Å². The summed E-state index contributed by atoms with van der Waals surface area (Å²) in [7, 11) is 0. The Kier molecular flexibility index (Phi) is 4.24. The van der Waals surface area contributed by atoms with Gasteiger partial charge < -0.3 is 28.8 Å². The summed E-state index contributed by atoms with van der Waals surface area (Å²) >= 11 is 1.62. The highest BCUT2D eigenvalue weighted by molar-refractivity contribution is 7.17. The molecule has 4 heterocycles. The molecule has 6 rings (SSSR count). The standard InChI is InChI=1S/C23H18N2O5S/c26-23(24-10-14-1-3-18-20(7-14)29-12-27-18)17-9-22-16(5-6-31-22)25(17)11-15-2-4-19-21(8-15)30-13-28-19/h1-9H,10-13H2,(H,24,26). The van der Waals surface area contributed by atoms with Crippen LogP contribution in [0, 0.1) is 0 Å². The lowest BCUT2D eigenvalue weighted by Crippen LogP contribution is -2.25. The second-order valence-corrected chi connectivity index (χ2v) is 8.29. The first kappa shape index (κ1) is 18.1. The summed E-state index contributed by atoms with van der Waals surface area (Å²) in [5.41, 5.74) is 3.65. The van der Waals surface area contributed by atoms with Gasteiger partial charge in [0, 0.05) is 13.1 Å². The molecular formula is C23H18N2O5S. The van der Waals surface area contributed by atoms with E-state index in [1.807, 2.05) is 58.5 Å². The highest BCUT2D eigenvalue weighted by Gasteiger charge is 2.19. The largest absolute Gasteiger partial charge is 0.454 e. The summed E-state index contributed by atoms with van der Waals surface area (Å²) in [5, 5.41) is 5.07. The summed E-state index contributed by atoms with van der Waals surface area (Å²) in [6, 6.07) is 15.6. The number of rotatable bonds is 5. The maximum Gasteiger partial charge on any atom is 0.268 e. The predicted octanol–water partition coefficient (Wildman–Crippen LogP) is 4.14. The van der Waals surface area contributed by atoms with E-state index in [0.717, 1.165) is 38.6 Å². The Morgan fingerprint density at radius 3 is 2.32 bits per heavy atom. The molecular weight excluding hydrogens is 416 g/mol. The number of thiophene rings is 1. The summed E-state index contributed by atoms with van der Waals surface area (Å²) in [5.74, 6) is 2.80. The fourth-order valence-corrected chi connectivity index (χ4v) is 4.70. The molecule has 0 unspecified atom stereocenters. The van der Waals surface area contributed by atoms with Crippen molar-refractivity contribution in [1.82, 2.24) is 9.88 Å². The molecule has 7 nitrogen and oxygen atoms in total. The van der Waals surface area contributed by atoms with Gasteiger partial charge in [-0.3, -0.25) is 4.79 Å². The molecule has 0 fully saturated rings. The second kappa shape index (κ2) is 7.24. The van der Waals surface area contributed by atoms with Gasteiger partial charge in [-0.1, -0.05) is 12.1 Å². The van der Waals surface area contributed by atoms with Crippen LogP contribution in [0.5, 0.6) is 23.0 Å². The van der Waals surface area contributed by atoms with Gasteiger partial charge in [0.05, 0.1) is 10.2 Å². The summed E-state index contributed by atoms with van der Waals surface area (Å²) in [4.78, 5) is 13.1. The van der Waals surface area contributed by atoms with Crippen LogP contribution in [0.4, 0.5) is 0 Å². The zero-order valence-corrected chi connectivity index (χ0v) is 17.2. The van der Waals surface area contributed by atoms with Gasteiger partial charge in [0.15, 0.2) is 23.0 Å². The Bertz CT molecular complexity index is 1310. The van der Waals surface area contributed by atoms with Crippen LogP contribution in [0.2, 0.25) is 0 Å². The van der Waals surface area contributed by atoms with E-state index in [9.17, 15) is 4.79 Å². The average molecular weight is 434 g/mol. The Balaban J connectivity index is 1.25. The molecule has 4 aromatic rings. The molecule has 31 heavy (non-hydrogen) atoms. The van der Waals surface area contributed by atoms with Crippen molar-refractivity contribution in [2.24, 2.45) is 0 Å². The molecule has 8 heteroatoms. The van der Waals surface area contributed by atoms with E-state index < -0.39 is 0 Å². The molecule has 0 atom stereocenters. The lowest BCUT2D eigenvalue weighted by molar-refractivity contribution is 0.0942. The van der Waals surface area contributed by atoms with Crippen molar-refractivity contribution in [2.45, 2.75) is 13.1 Å². The second-order valence-electron chi connectivity index (χ2n) is 7.34. The smallest absolute Gasteiger partial charge is 0.268 e. The van der Waals surface area contributed by atoms with E-state index in [-0.39, 0.29) is 19.5 Å². The van der Waals surface area contributed by atoms with Gasteiger partial charge in [-0.15, -0.1) is 11.3 Å². The number of nitrogens with one attached hydrogen (secondary N) is 1. The SMILES string of the molecule is O=C(NCc1ccc2c(c1)OCO2)c1cc2sccc2n1Cc1ccc2c(c1)OCO2. The average Bonchev–Trinajstić information content (AvgIpc) is 3.56. The molecule has 0 bridgehead atoms. The highest BCUT2D eigenvalue weighted by atomic mass is 32.1. The molecule has 1 amide bonds. The summed E-state index contributed by atoms with van der Waals surface area (Å²) in [6.07, 6.45) is 0. The number of amides is 1. The highest BCUT2D eigenvalue weighted by Crippen LogP contribution is 2.34. The molecule has 2 aliphatic rings. The van der Waals surface area contributed by atoms with Crippen LogP contribution in [-0.4, -0.2) is 24.1 Å². The number of carbonyl (C=O) groups is 1. The predicted molar refractivity (Wildman–Crippen MR) is 115 cm³/mol. The van der Waals surface area contributed by atoms with Crippen molar-refractivity contribution in [3.63, 3.8) is 0 Å². The number of hydrogen-bond acceptors (Lipinski definition) is 6. The molecule has 0 radical (unpaired) electrons. The van der Waals surface area contributed by atoms with Gasteiger partial charge in [-0.25, -0.2) is 0 Å². The molecule has 156 valence electrons. The van der Waals surface area contributed by atoms with Gasteiger partial charge in [0.1, 0.15) is 5.69 Å². The van der Waals surface area contributed by atoms with Crippen molar-refractivity contribution in [3.8, 4) is 23.0 Å². The van der Waals surface area contributed by atoms with Crippen LogP contribution in [0.3, 0.4) is 0 Å². The first-order valence-corrected chi connectivity index (χ1v) is 10.7. The lowest BCUT2D eigenvalue weighted by atomic mass is 10.2. The van der Waals surface area contributed by atoms with Crippen molar-refractivity contribution in [2.75, 3.05) is 13.6 Å². The molecule has 0 saturated heterocycles. The first-order valence-electron chi connectivity index (χ1n) is 9.86. The van der Waals surface area contributed by atoms with E-state index in [1.165, 1.54) is 0 Å². The number of benzene rings is 2. The first-order chi connectivity index (χ1) is 15.2. The summed E-state index contributed by atoms with van der Waals surface area (Å²) in [6.45, 7) is 1.43. The van der Waals surface area contributed by atoms with E-state index in [2.05, 4.69) is 5.32 Å². The van der Waals surface area contributed by atoms with Crippen LogP contribution in [-0.2, 0) is 13.1 Å². The maximum atomic E-state index is 13.1. The molecule has 1 N–H and O–H groups in total. The Hall–Kier alpha value is -3.65. The van der Waals surface area contributed by atoms with Crippen LogP contribution in [0.1, 0.15) is 21.6 Å². The van der Waals surface area contributed by atoms with E-state index in [0.29, 0.717) is 24.5 Å². The van der Waals surface area contributed by atoms with Crippen LogP contribution in [0.25, 0.3) is 10.2 Å². The Morgan fingerprint density at radius 1 is 0.871 bits per heavy atom. The fraction of sp³-hybridized carbons (Fsp3) is 0.174. The van der Waals surface area contributed by atoms with Gasteiger partial charge in [0.2, 0.25) is 13.6 Å². The van der Waals surface area contributed by atoms with Crippen LogP contribution < -0.4 is 24.3 Å². The number of carbonyl (C=O) groups excluding carboxylic acids is 1. The lowest BCUT2D eigenvalue weighted by Gasteiger charge is -2.12. The Morgan fingerprint density at radius 2 is 1.55 bits per heavy atom. The molecule has 2 aromatic heterocycles. The van der Waals surface area contributed by atoms with Gasteiger partial charge in [-0.2, -0.15) is 0 Å². The summed E-state index contributed by atoms with van der Waals surface area (Å²) < 4.78 is 24.8. The zero-order chi connectivity index (χ0) is 20.8. The van der Waals surface area contributed by atoms with Gasteiger partial charge in [-0.05, 0) is 52.9 Å². The third kappa shape index (κ3) is 3.25. The van der Waals surface area contributed by atoms with Gasteiger partial charge >= 0.3 is 0 Å². The molecule has 0 spiro atoms. The molecule has 0 aliphatic carbocycles. The van der Waals surface area contributed by atoms with Gasteiger partial charge in [0.25, 0.3) is 5.91 Å². The van der Waals surface area contributed by atoms with Crippen molar-refractivity contribution in [1.29, 1.82) is 0 Å². The quantitative estimate of drug-likeness (QED) is 0.511. The maximum absolute atomic E-state index is 13.1. The van der Waals surface area contributed by atoms with E-state index in [4.69, 9.17) is 18.9 Å². The monoisotopic (exact) mass is 434 g/mol. The van der Waals surface area contributed by atoms with Crippen LogP contribution >= 0.6 is 11.3 Å². The zero-order valence-electron chi connectivity index (χ0n) is 16.4. The normalized spacial score (nSPS) is 13.7. The van der Waals surface area contributed by atoms with Crippen molar-refractivity contribution in [3.05, 3.63) is 70.7 Å². The molecule has 2 aromatic carbocycles. The topological polar surface area (TPSA) is 71.0 Å². The third-order valence-corrected chi connectivity index (χ3v) is 6.28. The van der Waals surface area contributed by atoms with Crippen LogP contribution in [0.15, 0.2) is 53.9 Å². The molecule has 0 saturated carbocycles. The number of hydrogen-bond donors (Lipinski definition) is 1. The third-order valence-electron chi connectivity index (χ3n) is 5.42. The number of nitrogens with zero attached hydrogens (tertiary/aromatic N) is 1. The fourth-order valence-electron chi connectivity index (χ4n) is 3.88. The number of fused-ring (bicyclic) bond motifs is 3. The van der Waals surface area contributed by atoms with E-state index in [1.54, 1.807) is 11.3 Å². The molecule has 2 aliphatic heterocycles. The van der Waals surface area contributed by atoms with Crippen molar-refractivity contribution >= 4 is 27.5 Å². The minimum absolute atomic E-state index is 0.123. The minimum atomic E-state index is -0.123. The van der Waals surface area contributed by atoms with E-state index >= 15 is 0 Å². The minimum Gasteiger partial charge on any atom is -0.454 e. The number of aromatic nitrogens is 1.